The summed E-state index contributed by atoms with van der Waals surface area (Å²) in [4.78, 5) is 36.1. The fraction of sp³-hybridized carbons (Fsp3) is 0.550. The van der Waals surface area contributed by atoms with Crippen LogP contribution < -0.4 is 25.6 Å². The maximum absolute atomic E-state index is 12.5. The van der Waals surface area contributed by atoms with Gasteiger partial charge in [-0.1, -0.05) is 12.8 Å². The Bertz CT molecular complexity index is 671. The van der Waals surface area contributed by atoms with Gasteiger partial charge in [-0.25, -0.2) is 0 Å². The maximum atomic E-state index is 12.5. The Kier molecular flexibility index (Phi) is 8.10. The first kappa shape index (κ1) is 21.5. The van der Waals surface area contributed by atoms with Crippen LogP contribution in [0.25, 0.3) is 0 Å². The number of rotatable bonds is 8. The second-order valence-corrected chi connectivity index (χ2v) is 6.87. The lowest BCUT2D eigenvalue weighted by Crippen LogP contribution is -2.56. The van der Waals surface area contributed by atoms with Gasteiger partial charge in [0.1, 0.15) is 17.5 Å². The molecule has 0 saturated heterocycles. The molecule has 154 valence electrons. The van der Waals surface area contributed by atoms with Crippen LogP contribution >= 0.6 is 0 Å². The van der Waals surface area contributed by atoms with Crippen LogP contribution in [-0.2, 0) is 14.4 Å². The van der Waals surface area contributed by atoms with Gasteiger partial charge in [-0.2, -0.15) is 0 Å². The van der Waals surface area contributed by atoms with E-state index in [0.29, 0.717) is 12.4 Å². The molecule has 0 aliphatic heterocycles. The van der Waals surface area contributed by atoms with Gasteiger partial charge in [0.2, 0.25) is 5.91 Å². The van der Waals surface area contributed by atoms with Gasteiger partial charge < -0.3 is 14.8 Å². The molecule has 3 N–H and O–H groups in total. The third kappa shape index (κ3) is 6.44. The van der Waals surface area contributed by atoms with E-state index in [9.17, 15) is 14.4 Å². The minimum Gasteiger partial charge on any atom is -0.494 e. The van der Waals surface area contributed by atoms with Crippen molar-refractivity contribution in [2.75, 3.05) is 6.61 Å². The highest BCUT2D eigenvalue weighted by molar-refractivity contribution is 5.89. The number of hydrazine groups is 1. The molecule has 8 nitrogen and oxygen atoms in total. The molecular weight excluding hydrogens is 362 g/mol. The second-order valence-electron chi connectivity index (χ2n) is 6.87. The number of hydrogen-bond donors (Lipinski definition) is 3. The highest BCUT2D eigenvalue weighted by Gasteiger charge is 2.31. The fourth-order valence-electron chi connectivity index (χ4n) is 3.25. The Hall–Kier alpha value is -2.77. The van der Waals surface area contributed by atoms with E-state index in [4.69, 9.17) is 9.47 Å². The normalized spacial score (nSPS) is 16.0. The topological polar surface area (TPSA) is 106 Å². The lowest BCUT2D eigenvalue weighted by molar-refractivity contribution is -0.135. The lowest BCUT2D eigenvalue weighted by atomic mass is 9.97. The van der Waals surface area contributed by atoms with E-state index in [1.54, 1.807) is 31.2 Å². The number of ether oxygens (including phenoxy) is 2. The summed E-state index contributed by atoms with van der Waals surface area (Å²) in [5.41, 5.74) is 4.78. The van der Waals surface area contributed by atoms with E-state index in [0.717, 1.165) is 31.4 Å². The molecule has 1 aromatic carbocycles. The van der Waals surface area contributed by atoms with Gasteiger partial charge in [0.05, 0.1) is 6.61 Å². The Morgan fingerprint density at radius 2 is 1.61 bits per heavy atom. The minimum atomic E-state index is -0.816. The standard InChI is InChI=1S/C20H29N3O5/c1-4-27-16-9-11-17(12-10-16)28-13(2)19(25)22-23-20(26)18(21-14(3)24)15-7-5-6-8-15/h9-13,15,18H,4-8H2,1-3H3,(H,21,24)(H,22,25)(H,23,26). The third-order valence-electron chi connectivity index (χ3n) is 4.64. The molecule has 1 aliphatic rings. The Morgan fingerprint density at radius 1 is 1.04 bits per heavy atom. The quantitative estimate of drug-likeness (QED) is 0.585. The van der Waals surface area contributed by atoms with Crippen molar-refractivity contribution in [1.82, 2.24) is 16.2 Å². The van der Waals surface area contributed by atoms with Crippen LogP contribution in [-0.4, -0.2) is 36.5 Å². The average molecular weight is 391 g/mol. The summed E-state index contributed by atoms with van der Waals surface area (Å²) in [7, 11) is 0. The van der Waals surface area contributed by atoms with Crippen LogP contribution in [0.5, 0.6) is 11.5 Å². The van der Waals surface area contributed by atoms with Crippen molar-refractivity contribution in [3.8, 4) is 11.5 Å². The molecule has 8 heteroatoms. The first-order valence-electron chi connectivity index (χ1n) is 9.67. The smallest absolute Gasteiger partial charge is 0.279 e. The number of amides is 3. The van der Waals surface area contributed by atoms with Crippen molar-refractivity contribution in [2.45, 2.75) is 58.6 Å². The third-order valence-corrected chi connectivity index (χ3v) is 4.64. The van der Waals surface area contributed by atoms with Gasteiger partial charge >= 0.3 is 0 Å². The SMILES string of the molecule is CCOc1ccc(OC(C)C(=O)NNC(=O)C(NC(C)=O)C2CCCC2)cc1. The molecule has 2 rings (SSSR count). The largest absolute Gasteiger partial charge is 0.494 e. The van der Waals surface area contributed by atoms with Gasteiger partial charge in [-0.05, 0) is 56.9 Å². The van der Waals surface area contributed by atoms with Crippen LogP contribution in [0.1, 0.15) is 46.5 Å². The van der Waals surface area contributed by atoms with E-state index >= 15 is 0 Å². The van der Waals surface area contributed by atoms with Crippen molar-refractivity contribution in [2.24, 2.45) is 5.92 Å². The molecule has 0 heterocycles. The predicted molar refractivity (Wildman–Crippen MR) is 104 cm³/mol. The molecule has 3 amide bonds. The van der Waals surface area contributed by atoms with E-state index in [2.05, 4.69) is 16.2 Å². The van der Waals surface area contributed by atoms with Crippen LogP contribution in [0.15, 0.2) is 24.3 Å². The van der Waals surface area contributed by atoms with E-state index < -0.39 is 24.0 Å². The number of nitrogens with one attached hydrogen (secondary N) is 3. The molecule has 28 heavy (non-hydrogen) atoms. The van der Waals surface area contributed by atoms with Gasteiger partial charge in [-0.3, -0.25) is 25.2 Å². The zero-order chi connectivity index (χ0) is 20.5. The summed E-state index contributed by atoms with van der Waals surface area (Å²) in [6.07, 6.45) is 3.01. The van der Waals surface area contributed by atoms with Crippen LogP contribution in [0.4, 0.5) is 0 Å². The average Bonchev–Trinajstić information content (AvgIpc) is 3.20. The molecule has 0 bridgehead atoms. The van der Waals surface area contributed by atoms with Crippen molar-refractivity contribution in [3.05, 3.63) is 24.3 Å². The molecule has 0 radical (unpaired) electrons. The molecular formula is C20H29N3O5. The molecule has 2 atom stereocenters. The minimum absolute atomic E-state index is 0.0818. The van der Waals surface area contributed by atoms with E-state index in [1.807, 2.05) is 6.92 Å². The van der Waals surface area contributed by atoms with Crippen LogP contribution in [0.3, 0.4) is 0 Å². The summed E-state index contributed by atoms with van der Waals surface area (Å²) in [5.74, 6) is 0.123. The predicted octanol–water partition coefficient (Wildman–Crippen LogP) is 1.69. The van der Waals surface area contributed by atoms with Crippen LogP contribution in [0, 0.1) is 5.92 Å². The zero-order valence-corrected chi connectivity index (χ0v) is 16.6. The Labute approximate surface area is 165 Å². The zero-order valence-electron chi connectivity index (χ0n) is 16.6. The van der Waals surface area contributed by atoms with Crippen molar-refractivity contribution < 1.29 is 23.9 Å². The number of benzene rings is 1. The highest BCUT2D eigenvalue weighted by Crippen LogP contribution is 2.27. The van der Waals surface area contributed by atoms with Crippen LogP contribution in [0.2, 0.25) is 0 Å². The molecule has 0 spiro atoms. The Morgan fingerprint density at radius 3 is 2.18 bits per heavy atom. The van der Waals surface area contributed by atoms with Crippen molar-refractivity contribution in [3.63, 3.8) is 0 Å². The fourth-order valence-corrected chi connectivity index (χ4v) is 3.25. The van der Waals surface area contributed by atoms with E-state index in [1.165, 1.54) is 6.92 Å². The van der Waals surface area contributed by atoms with Gasteiger partial charge in [0, 0.05) is 6.92 Å². The van der Waals surface area contributed by atoms with Gasteiger partial charge in [-0.15, -0.1) is 0 Å². The molecule has 2 unspecified atom stereocenters. The molecule has 1 aliphatic carbocycles. The summed E-state index contributed by atoms with van der Waals surface area (Å²) >= 11 is 0. The highest BCUT2D eigenvalue weighted by atomic mass is 16.5. The maximum Gasteiger partial charge on any atom is 0.279 e. The number of carbonyl (C=O) groups excluding carboxylic acids is 3. The van der Waals surface area contributed by atoms with Crippen molar-refractivity contribution in [1.29, 1.82) is 0 Å². The second kappa shape index (κ2) is 10.5. The summed E-state index contributed by atoms with van der Waals surface area (Å²) < 4.78 is 10.9. The number of hydrogen-bond acceptors (Lipinski definition) is 5. The summed E-state index contributed by atoms with van der Waals surface area (Å²) in [6, 6.07) is 6.28. The summed E-state index contributed by atoms with van der Waals surface area (Å²) in [6.45, 7) is 5.42. The van der Waals surface area contributed by atoms with E-state index in [-0.39, 0.29) is 11.8 Å². The van der Waals surface area contributed by atoms with Crippen molar-refractivity contribution >= 4 is 17.7 Å². The first-order valence-corrected chi connectivity index (χ1v) is 9.67. The number of carbonyl (C=O) groups is 3. The summed E-state index contributed by atoms with van der Waals surface area (Å²) in [5, 5.41) is 2.68. The van der Waals surface area contributed by atoms with Gasteiger partial charge in [0.25, 0.3) is 11.8 Å². The molecule has 1 fully saturated rings. The Balaban J connectivity index is 1.84. The molecule has 1 saturated carbocycles. The molecule has 0 aromatic heterocycles. The first-order chi connectivity index (χ1) is 13.4. The monoisotopic (exact) mass is 391 g/mol. The van der Waals surface area contributed by atoms with Gasteiger partial charge in [0.15, 0.2) is 6.10 Å². The molecule has 1 aromatic rings. The lowest BCUT2D eigenvalue weighted by Gasteiger charge is -2.24.